The second kappa shape index (κ2) is 18.3. The first-order valence-electron chi connectivity index (χ1n) is 17.8. The number of hydrogen-bond donors (Lipinski definition) is 0. The first-order valence-corrected chi connectivity index (χ1v) is 17.8. The zero-order valence-electron chi connectivity index (χ0n) is 29.7. The summed E-state index contributed by atoms with van der Waals surface area (Å²) in [7, 11) is 0. The smallest absolute Gasteiger partial charge is 0.224 e. The molecule has 3 rings (SSSR count). The Morgan fingerprint density at radius 1 is 0.867 bits per heavy atom. The average Bonchev–Trinajstić information content (AvgIpc) is 2.98. The Morgan fingerprint density at radius 3 is 2.00 bits per heavy atom. The van der Waals surface area contributed by atoms with Crippen molar-refractivity contribution < 1.29 is 9.53 Å². The van der Waals surface area contributed by atoms with Gasteiger partial charge in [-0.25, -0.2) is 0 Å². The van der Waals surface area contributed by atoms with Crippen LogP contribution in [0.1, 0.15) is 142 Å². The van der Waals surface area contributed by atoms with Crippen LogP contribution >= 0.6 is 0 Å². The predicted molar refractivity (Wildman–Crippen MR) is 194 cm³/mol. The molecule has 0 radical (unpaired) electrons. The van der Waals surface area contributed by atoms with E-state index >= 15 is 0 Å². The molecule has 0 fully saturated rings. The van der Waals surface area contributed by atoms with Crippen molar-refractivity contribution in [2.75, 3.05) is 18.1 Å². The number of hydrogen-bond acceptors (Lipinski definition) is 3. The number of carbonyl (C=O) groups excluding carboxylic acids is 1. The summed E-state index contributed by atoms with van der Waals surface area (Å²) in [4.78, 5) is 19.2. The molecule has 4 nitrogen and oxygen atoms in total. The molecule has 45 heavy (non-hydrogen) atoms. The van der Waals surface area contributed by atoms with E-state index in [9.17, 15) is 4.79 Å². The van der Waals surface area contributed by atoms with E-state index < -0.39 is 0 Å². The van der Waals surface area contributed by atoms with Crippen LogP contribution in [-0.2, 0) is 23.2 Å². The van der Waals surface area contributed by atoms with Gasteiger partial charge in [0.1, 0.15) is 5.75 Å². The van der Waals surface area contributed by atoms with Gasteiger partial charge < -0.3 is 9.64 Å². The number of unbranched alkanes of at least 4 members (excludes halogenated alkanes) is 11. The van der Waals surface area contributed by atoms with E-state index in [0.29, 0.717) is 6.54 Å². The quantitative estimate of drug-likeness (QED) is 0.148. The molecule has 0 spiro atoms. The van der Waals surface area contributed by atoms with E-state index in [0.717, 1.165) is 43.0 Å². The first kappa shape index (κ1) is 36.6. The highest BCUT2D eigenvalue weighted by Gasteiger charge is 2.24. The van der Waals surface area contributed by atoms with E-state index in [4.69, 9.17) is 4.74 Å². The fraction of sp³-hybridized carbons (Fsp3) is 0.610. The molecular weight excluding hydrogens is 552 g/mol. The Hall–Kier alpha value is -2.88. The lowest BCUT2D eigenvalue weighted by Crippen LogP contribution is -2.28. The van der Waals surface area contributed by atoms with Gasteiger partial charge in [-0.15, -0.1) is 0 Å². The molecule has 0 bridgehead atoms. The largest absolute Gasteiger partial charge is 0.493 e. The maximum atomic E-state index is 12.8. The first-order chi connectivity index (χ1) is 21.5. The molecule has 2 aromatic rings. The van der Waals surface area contributed by atoms with Crippen LogP contribution in [0.4, 0.5) is 5.69 Å². The highest BCUT2D eigenvalue weighted by atomic mass is 16.5. The monoisotopic (exact) mass is 614 g/mol. The maximum absolute atomic E-state index is 12.8. The van der Waals surface area contributed by atoms with Gasteiger partial charge in [0, 0.05) is 30.8 Å². The number of aliphatic imine (C=N–C) groups is 1. The molecule has 0 saturated carbocycles. The fourth-order valence-electron chi connectivity index (χ4n) is 6.49. The van der Waals surface area contributed by atoms with Crippen molar-refractivity contribution in [3.8, 4) is 5.75 Å². The van der Waals surface area contributed by atoms with Crippen molar-refractivity contribution >= 4 is 17.8 Å². The van der Waals surface area contributed by atoms with Gasteiger partial charge in [-0.2, -0.15) is 0 Å². The lowest BCUT2D eigenvalue weighted by atomic mass is 9.81. The molecule has 1 aliphatic rings. The Balaban J connectivity index is 1.54. The van der Waals surface area contributed by atoms with Crippen LogP contribution in [0.5, 0.6) is 5.75 Å². The molecule has 0 N–H and O–H groups in total. The lowest BCUT2D eigenvalue weighted by Gasteiger charge is -2.28. The molecule has 1 aliphatic heterocycles. The number of carbonyl (C=O) groups is 1. The molecule has 248 valence electrons. The third-order valence-electron chi connectivity index (χ3n) is 9.01. The van der Waals surface area contributed by atoms with Gasteiger partial charge in [-0.1, -0.05) is 136 Å². The molecule has 4 heteroatoms. The highest BCUT2D eigenvalue weighted by molar-refractivity contribution is 5.91. The Labute approximate surface area is 275 Å². The SMILES string of the molecule is CCCCCCCCCCCCCCOc1cc(CN(C(C)=O)c2ccc(CC3(C)C=C(C)C=NC3)cc2)ccc1C(C)(C)C. The number of amides is 1. The van der Waals surface area contributed by atoms with Crippen LogP contribution in [0.25, 0.3) is 0 Å². The zero-order chi connectivity index (χ0) is 32.7. The molecule has 1 atom stereocenters. The zero-order valence-corrected chi connectivity index (χ0v) is 29.7. The summed E-state index contributed by atoms with van der Waals surface area (Å²) in [5.74, 6) is 0.988. The van der Waals surface area contributed by atoms with Crippen LogP contribution < -0.4 is 9.64 Å². The van der Waals surface area contributed by atoms with E-state index in [1.165, 1.54) is 87.3 Å². The topological polar surface area (TPSA) is 41.9 Å². The minimum atomic E-state index is -0.0193. The Bertz CT molecular complexity index is 1240. The van der Waals surface area contributed by atoms with E-state index in [1.54, 1.807) is 6.92 Å². The number of dihydropyridines is 1. The number of benzene rings is 2. The lowest BCUT2D eigenvalue weighted by molar-refractivity contribution is -0.116. The molecule has 1 unspecified atom stereocenters. The van der Waals surface area contributed by atoms with Gasteiger partial charge in [0.25, 0.3) is 0 Å². The van der Waals surface area contributed by atoms with Gasteiger partial charge in [0.2, 0.25) is 5.91 Å². The fourth-order valence-corrected chi connectivity index (χ4v) is 6.49. The van der Waals surface area contributed by atoms with Gasteiger partial charge in [0.05, 0.1) is 13.2 Å². The Kier molecular flexibility index (Phi) is 14.9. The highest BCUT2D eigenvalue weighted by Crippen LogP contribution is 2.34. The summed E-state index contributed by atoms with van der Waals surface area (Å²) in [6, 6.07) is 15.0. The second-order valence-corrected chi connectivity index (χ2v) is 14.8. The number of nitrogens with zero attached hydrogens (tertiary/aromatic N) is 2. The number of anilines is 1. The summed E-state index contributed by atoms with van der Waals surface area (Å²) >= 11 is 0. The minimum Gasteiger partial charge on any atom is -0.493 e. The van der Waals surface area contributed by atoms with Crippen molar-refractivity contribution in [3.05, 3.63) is 70.8 Å². The van der Waals surface area contributed by atoms with Crippen LogP contribution in [0.15, 0.2) is 59.1 Å². The number of ether oxygens (including phenoxy) is 1. The summed E-state index contributed by atoms with van der Waals surface area (Å²) in [5.41, 5.74) is 5.71. The van der Waals surface area contributed by atoms with Crippen LogP contribution in [0.2, 0.25) is 0 Å². The molecule has 0 aliphatic carbocycles. The maximum Gasteiger partial charge on any atom is 0.224 e. The van der Waals surface area contributed by atoms with E-state index in [2.05, 4.69) is 95.1 Å². The van der Waals surface area contributed by atoms with Crippen LogP contribution in [0.3, 0.4) is 0 Å². The average molecular weight is 615 g/mol. The number of rotatable bonds is 19. The van der Waals surface area contributed by atoms with Crippen LogP contribution in [-0.4, -0.2) is 25.3 Å². The normalized spacial score (nSPS) is 16.5. The summed E-state index contributed by atoms with van der Waals surface area (Å²) in [6.07, 6.45) is 21.3. The summed E-state index contributed by atoms with van der Waals surface area (Å²) < 4.78 is 6.43. The predicted octanol–water partition coefficient (Wildman–Crippen LogP) is 11.2. The number of allylic oxidation sites excluding steroid dienone is 1. The Morgan fingerprint density at radius 2 is 1.44 bits per heavy atom. The van der Waals surface area contributed by atoms with Gasteiger partial charge in [0.15, 0.2) is 0 Å². The van der Waals surface area contributed by atoms with E-state index in [-0.39, 0.29) is 16.7 Å². The molecule has 0 aromatic heterocycles. The van der Waals surface area contributed by atoms with Gasteiger partial charge in [-0.3, -0.25) is 9.79 Å². The molecule has 1 heterocycles. The standard InChI is InChI=1S/C41H62N2O2/c1-8-9-10-11-12-13-14-15-16-17-18-19-26-45-39-27-36(22-25-38(39)40(4,5)6)31-43(34(3)44)37-23-20-35(21-24-37)29-41(7)28-33(2)30-42-32-41/h20-25,27-28,30H,8-19,26,29,31-32H2,1-7H3. The molecule has 1 amide bonds. The third-order valence-corrected chi connectivity index (χ3v) is 9.01. The van der Waals surface area contributed by atoms with Crippen molar-refractivity contribution in [1.82, 2.24) is 0 Å². The third kappa shape index (κ3) is 12.8. The summed E-state index contributed by atoms with van der Waals surface area (Å²) in [6.45, 7) is 17.1. The van der Waals surface area contributed by atoms with Crippen LogP contribution in [0, 0.1) is 5.41 Å². The second-order valence-electron chi connectivity index (χ2n) is 14.8. The van der Waals surface area contributed by atoms with Gasteiger partial charge in [-0.05, 0) is 65.6 Å². The van der Waals surface area contributed by atoms with Crippen molar-refractivity contribution in [3.63, 3.8) is 0 Å². The summed E-state index contributed by atoms with van der Waals surface area (Å²) in [5, 5.41) is 0. The van der Waals surface area contributed by atoms with Crippen molar-refractivity contribution in [1.29, 1.82) is 0 Å². The van der Waals surface area contributed by atoms with E-state index in [1.807, 2.05) is 11.1 Å². The van der Waals surface area contributed by atoms with Gasteiger partial charge >= 0.3 is 0 Å². The molecule has 2 aromatic carbocycles. The molecular formula is C41H62N2O2. The van der Waals surface area contributed by atoms with Crippen molar-refractivity contribution in [2.24, 2.45) is 10.4 Å². The minimum absolute atomic E-state index is 0.0193. The van der Waals surface area contributed by atoms with Crippen molar-refractivity contribution in [2.45, 2.75) is 144 Å². The molecule has 0 saturated heterocycles.